The van der Waals surface area contributed by atoms with Gasteiger partial charge in [-0.3, -0.25) is 4.72 Å². The summed E-state index contributed by atoms with van der Waals surface area (Å²) >= 11 is 4.00. The number of benzene rings is 1. The van der Waals surface area contributed by atoms with Crippen molar-refractivity contribution in [3.8, 4) is 0 Å². The first-order valence-corrected chi connectivity index (χ1v) is 7.77. The maximum Gasteiger partial charge on any atom is 0.272 e. The van der Waals surface area contributed by atoms with E-state index in [-0.39, 0.29) is 4.21 Å². The van der Waals surface area contributed by atoms with Gasteiger partial charge >= 0.3 is 0 Å². The molecule has 2 aromatic rings. The van der Waals surface area contributed by atoms with Gasteiger partial charge < -0.3 is 0 Å². The van der Waals surface area contributed by atoms with Crippen LogP contribution in [0.4, 0.5) is 14.5 Å². The van der Waals surface area contributed by atoms with Gasteiger partial charge in [-0.2, -0.15) is 0 Å². The molecule has 0 aliphatic rings. The standard InChI is InChI=1S/C10H6BrF2NO2S2/c11-6-4-5-17-10(6)18(15,16)14-9-7(12)2-1-3-8(9)13/h1-5,14H. The van der Waals surface area contributed by atoms with Gasteiger partial charge in [-0.25, -0.2) is 17.2 Å². The van der Waals surface area contributed by atoms with Crippen molar-refractivity contribution in [1.29, 1.82) is 0 Å². The zero-order valence-corrected chi connectivity index (χ0v) is 11.9. The number of hydrogen-bond donors (Lipinski definition) is 1. The van der Waals surface area contributed by atoms with Crippen molar-refractivity contribution in [2.75, 3.05) is 4.72 Å². The Bertz CT molecular complexity index is 665. The molecular formula is C10H6BrF2NO2S2. The molecule has 8 heteroatoms. The first-order chi connectivity index (χ1) is 8.42. The Morgan fingerprint density at radius 3 is 2.28 bits per heavy atom. The summed E-state index contributed by atoms with van der Waals surface area (Å²) in [5.41, 5.74) is -0.683. The molecule has 0 aliphatic carbocycles. The Labute approximate surface area is 115 Å². The molecule has 2 rings (SSSR count). The number of anilines is 1. The Morgan fingerprint density at radius 2 is 1.78 bits per heavy atom. The molecule has 0 saturated carbocycles. The second kappa shape index (κ2) is 4.94. The number of para-hydroxylation sites is 1. The van der Waals surface area contributed by atoms with E-state index in [0.717, 1.165) is 29.5 Å². The van der Waals surface area contributed by atoms with Gasteiger partial charge in [-0.15, -0.1) is 11.3 Å². The largest absolute Gasteiger partial charge is 0.273 e. The van der Waals surface area contributed by atoms with Crippen molar-refractivity contribution in [2.45, 2.75) is 4.21 Å². The zero-order chi connectivity index (χ0) is 13.3. The van der Waals surface area contributed by atoms with Crippen molar-refractivity contribution < 1.29 is 17.2 Å². The molecule has 3 nitrogen and oxygen atoms in total. The van der Waals surface area contributed by atoms with E-state index in [1.165, 1.54) is 6.07 Å². The minimum absolute atomic E-state index is 0.0369. The highest BCUT2D eigenvalue weighted by Gasteiger charge is 2.22. The third kappa shape index (κ3) is 2.55. The molecule has 0 bridgehead atoms. The van der Waals surface area contributed by atoms with Crippen LogP contribution in [-0.2, 0) is 10.0 Å². The van der Waals surface area contributed by atoms with Gasteiger partial charge in [-0.1, -0.05) is 6.07 Å². The van der Waals surface area contributed by atoms with Crippen LogP contribution in [0.25, 0.3) is 0 Å². The lowest BCUT2D eigenvalue weighted by Crippen LogP contribution is -2.14. The summed E-state index contributed by atoms with van der Waals surface area (Å²) in [4.78, 5) is 0. The van der Waals surface area contributed by atoms with Crippen molar-refractivity contribution in [3.05, 3.63) is 45.8 Å². The minimum Gasteiger partial charge on any atom is -0.273 e. The van der Waals surface area contributed by atoms with Gasteiger partial charge in [0.1, 0.15) is 17.3 Å². The van der Waals surface area contributed by atoms with Gasteiger partial charge in [0.25, 0.3) is 10.0 Å². The average Bonchev–Trinajstić information content (AvgIpc) is 2.71. The molecule has 18 heavy (non-hydrogen) atoms. The van der Waals surface area contributed by atoms with Crippen LogP contribution in [0.2, 0.25) is 0 Å². The molecule has 1 heterocycles. The summed E-state index contributed by atoms with van der Waals surface area (Å²) in [6.45, 7) is 0. The number of rotatable bonds is 3. The van der Waals surface area contributed by atoms with Gasteiger partial charge in [0.05, 0.1) is 0 Å². The Morgan fingerprint density at radius 1 is 1.17 bits per heavy atom. The summed E-state index contributed by atoms with van der Waals surface area (Å²) in [7, 11) is -4.00. The van der Waals surface area contributed by atoms with Crippen LogP contribution in [-0.4, -0.2) is 8.42 Å². The van der Waals surface area contributed by atoms with Crippen LogP contribution in [0.15, 0.2) is 38.3 Å². The lowest BCUT2D eigenvalue weighted by Gasteiger charge is -2.08. The second-order valence-electron chi connectivity index (χ2n) is 3.26. The summed E-state index contributed by atoms with van der Waals surface area (Å²) in [5, 5.41) is 1.55. The molecule has 0 unspecified atom stereocenters. The first-order valence-electron chi connectivity index (χ1n) is 4.61. The highest BCUT2D eigenvalue weighted by atomic mass is 79.9. The Kier molecular flexibility index (Phi) is 3.69. The van der Waals surface area contributed by atoms with Crippen LogP contribution < -0.4 is 4.72 Å². The summed E-state index contributed by atoms with van der Waals surface area (Å²) in [5.74, 6) is -1.93. The maximum absolute atomic E-state index is 13.3. The third-order valence-corrected chi connectivity index (χ3v) is 6.05. The smallest absolute Gasteiger partial charge is 0.272 e. The van der Waals surface area contributed by atoms with Gasteiger partial charge in [0.2, 0.25) is 0 Å². The Hall–Kier alpha value is -0.990. The van der Waals surface area contributed by atoms with E-state index in [1.54, 1.807) is 5.38 Å². The molecule has 0 atom stereocenters. The van der Waals surface area contributed by atoms with Crippen molar-refractivity contribution >= 4 is 43.0 Å². The quantitative estimate of drug-likeness (QED) is 0.916. The summed E-state index contributed by atoms with van der Waals surface area (Å²) in [6.07, 6.45) is 0. The van der Waals surface area contributed by atoms with Crippen LogP contribution >= 0.6 is 27.3 Å². The fraction of sp³-hybridized carbons (Fsp3) is 0. The van der Waals surface area contributed by atoms with Crippen molar-refractivity contribution in [1.82, 2.24) is 0 Å². The van der Waals surface area contributed by atoms with Gasteiger partial charge in [0, 0.05) is 4.47 Å². The number of nitrogens with one attached hydrogen (secondary N) is 1. The van der Waals surface area contributed by atoms with Crippen LogP contribution in [0, 0.1) is 11.6 Å². The van der Waals surface area contributed by atoms with E-state index >= 15 is 0 Å². The monoisotopic (exact) mass is 353 g/mol. The van der Waals surface area contributed by atoms with Gasteiger partial charge in [-0.05, 0) is 39.5 Å². The molecule has 0 saturated heterocycles. The van der Waals surface area contributed by atoms with E-state index in [4.69, 9.17) is 0 Å². The van der Waals surface area contributed by atoms with Crippen LogP contribution in [0.5, 0.6) is 0 Å². The lowest BCUT2D eigenvalue weighted by atomic mass is 10.3. The number of thiophene rings is 1. The molecule has 1 aromatic heterocycles. The maximum atomic E-state index is 13.3. The topological polar surface area (TPSA) is 46.2 Å². The molecule has 0 radical (unpaired) electrons. The van der Waals surface area contributed by atoms with Crippen molar-refractivity contribution in [3.63, 3.8) is 0 Å². The minimum atomic E-state index is -4.00. The highest BCUT2D eigenvalue weighted by Crippen LogP contribution is 2.30. The van der Waals surface area contributed by atoms with Crippen molar-refractivity contribution in [2.24, 2.45) is 0 Å². The molecule has 1 aromatic carbocycles. The number of sulfonamides is 1. The molecule has 96 valence electrons. The molecule has 0 fully saturated rings. The SMILES string of the molecule is O=S(=O)(Nc1c(F)cccc1F)c1sccc1Br. The number of halogens is 3. The molecular weight excluding hydrogens is 348 g/mol. The van der Waals surface area contributed by atoms with E-state index in [2.05, 4.69) is 15.9 Å². The predicted octanol–water partition coefficient (Wildman–Crippen LogP) is 3.59. The molecule has 1 N–H and O–H groups in total. The molecule has 0 aliphatic heterocycles. The van der Waals surface area contributed by atoms with Crippen LogP contribution in [0.1, 0.15) is 0 Å². The Balaban J connectivity index is 2.44. The lowest BCUT2D eigenvalue weighted by molar-refractivity contribution is 0.583. The third-order valence-electron chi connectivity index (χ3n) is 2.03. The zero-order valence-electron chi connectivity index (χ0n) is 8.65. The highest BCUT2D eigenvalue weighted by molar-refractivity contribution is 9.10. The van der Waals surface area contributed by atoms with E-state index in [9.17, 15) is 17.2 Å². The second-order valence-corrected chi connectivity index (χ2v) is 6.91. The van der Waals surface area contributed by atoms with E-state index in [1.807, 2.05) is 4.72 Å². The van der Waals surface area contributed by atoms with Crippen LogP contribution in [0.3, 0.4) is 0 Å². The van der Waals surface area contributed by atoms with Gasteiger partial charge in [0.15, 0.2) is 4.21 Å². The first kappa shape index (κ1) is 13.4. The normalized spacial score (nSPS) is 11.5. The predicted molar refractivity (Wildman–Crippen MR) is 69.2 cm³/mol. The fourth-order valence-corrected chi connectivity index (χ4v) is 4.66. The average molecular weight is 354 g/mol. The molecule has 0 amide bonds. The number of hydrogen-bond acceptors (Lipinski definition) is 3. The summed E-state index contributed by atoms with van der Waals surface area (Å²) in [6, 6.07) is 4.65. The molecule has 0 spiro atoms. The van der Waals surface area contributed by atoms with E-state index in [0.29, 0.717) is 4.47 Å². The van der Waals surface area contributed by atoms with E-state index < -0.39 is 27.3 Å². The fourth-order valence-electron chi connectivity index (χ4n) is 1.25. The summed E-state index contributed by atoms with van der Waals surface area (Å²) < 4.78 is 52.8.